The molecule has 2 aromatic carbocycles. The van der Waals surface area contributed by atoms with Gasteiger partial charge in [0, 0.05) is 36.8 Å². The normalized spacial score (nSPS) is 13.3. The van der Waals surface area contributed by atoms with Gasteiger partial charge >= 0.3 is 0 Å². The monoisotopic (exact) mass is 421 g/mol. The van der Waals surface area contributed by atoms with Gasteiger partial charge in [-0.25, -0.2) is 8.78 Å². The molecule has 1 aliphatic heterocycles. The van der Waals surface area contributed by atoms with E-state index in [1.165, 1.54) is 24.3 Å². The van der Waals surface area contributed by atoms with Crippen LogP contribution in [0.3, 0.4) is 0 Å². The molecule has 7 nitrogen and oxygen atoms in total. The smallest absolute Gasteiger partial charge is 0.279 e. The van der Waals surface area contributed by atoms with Crippen molar-refractivity contribution in [3.63, 3.8) is 0 Å². The van der Waals surface area contributed by atoms with Crippen molar-refractivity contribution < 1.29 is 18.1 Å². The molecule has 31 heavy (non-hydrogen) atoms. The van der Waals surface area contributed by atoms with Gasteiger partial charge in [0.2, 0.25) is 5.82 Å². The lowest BCUT2D eigenvalue weighted by Crippen LogP contribution is -2.36. The summed E-state index contributed by atoms with van der Waals surface area (Å²) in [5.74, 6) is -0.911. The first kappa shape index (κ1) is 19.1. The largest absolute Gasteiger partial charge is 0.334 e. The summed E-state index contributed by atoms with van der Waals surface area (Å²) in [6.45, 7) is 0.747. The van der Waals surface area contributed by atoms with Gasteiger partial charge in [0.1, 0.15) is 11.6 Å². The van der Waals surface area contributed by atoms with Crippen LogP contribution in [0.15, 0.2) is 53.1 Å². The number of halogens is 2. The molecule has 3 heterocycles. The van der Waals surface area contributed by atoms with Crippen LogP contribution >= 0.6 is 0 Å². The highest BCUT2D eigenvalue weighted by molar-refractivity contribution is 5.94. The maximum Gasteiger partial charge on any atom is 0.279 e. The highest BCUT2D eigenvalue weighted by Crippen LogP contribution is 2.31. The molecule has 4 aromatic rings. The third-order valence-electron chi connectivity index (χ3n) is 5.34. The molecule has 9 heteroatoms. The first-order valence-electron chi connectivity index (χ1n) is 9.70. The Bertz CT molecular complexity index is 1300. The number of hydrogen-bond acceptors (Lipinski definition) is 5. The van der Waals surface area contributed by atoms with Crippen molar-refractivity contribution >= 4 is 5.91 Å². The van der Waals surface area contributed by atoms with E-state index in [-0.39, 0.29) is 35.3 Å². The van der Waals surface area contributed by atoms with Gasteiger partial charge in [-0.05, 0) is 30.3 Å². The number of nitrogens with zero attached hydrogens (tertiary/aromatic N) is 5. The summed E-state index contributed by atoms with van der Waals surface area (Å²) in [4.78, 5) is 18.8. The maximum absolute atomic E-state index is 14.1. The standard InChI is InChI=1S/C22H17F2N5O2/c1-28-18-9-10-29(22(30)13-5-4-6-14(23)11-13)12-16(18)19(26-28)21-25-20(27-31-21)15-7-2-3-8-17(15)24/h2-8,11H,9-10,12H2,1H3. The molecule has 0 saturated carbocycles. The Morgan fingerprint density at radius 3 is 2.77 bits per heavy atom. The Labute approximate surface area is 175 Å². The van der Waals surface area contributed by atoms with Crippen LogP contribution in [0, 0.1) is 11.6 Å². The van der Waals surface area contributed by atoms with Crippen LogP contribution in [0.4, 0.5) is 8.78 Å². The second-order valence-corrected chi connectivity index (χ2v) is 7.29. The summed E-state index contributed by atoms with van der Waals surface area (Å²) in [6.07, 6.45) is 0.578. The number of carbonyl (C=O) groups excluding carboxylic acids is 1. The van der Waals surface area contributed by atoms with E-state index in [1.54, 1.807) is 40.9 Å². The van der Waals surface area contributed by atoms with Crippen LogP contribution in [0.25, 0.3) is 23.0 Å². The van der Waals surface area contributed by atoms with Crippen LogP contribution in [0.5, 0.6) is 0 Å². The molecule has 0 fully saturated rings. The highest BCUT2D eigenvalue weighted by atomic mass is 19.1. The lowest BCUT2D eigenvalue weighted by atomic mass is 10.0. The molecule has 2 aromatic heterocycles. The van der Waals surface area contributed by atoms with Crippen molar-refractivity contribution in [2.24, 2.45) is 7.05 Å². The zero-order valence-corrected chi connectivity index (χ0v) is 16.5. The lowest BCUT2D eigenvalue weighted by molar-refractivity contribution is 0.0733. The Kier molecular flexibility index (Phi) is 4.58. The molecule has 0 N–H and O–H groups in total. The van der Waals surface area contributed by atoms with E-state index in [0.717, 1.165) is 11.3 Å². The summed E-state index contributed by atoms with van der Waals surface area (Å²) >= 11 is 0. The second-order valence-electron chi connectivity index (χ2n) is 7.29. The molecule has 0 aliphatic carbocycles. The average molecular weight is 421 g/mol. The fourth-order valence-electron chi connectivity index (χ4n) is 3.81. The van der Waals surface area contributed by atoms with Crippen molar-refractivity contribution in [3.8, 4) is 23.0 Å². The molecule has 5 rings (SSSR count). The topological polar surface area (TPSA) is 77.1 Å². The number of amides is 1. The molecule has 156 valence electrons. The number of fused-ring (bicyclic) bond motifs is 1. The van der Waals surface area contributed by atoms with Crippen LogP contribution < -0.4 is 0 Å². The van der Waals surface area contributed by atoms with E-state index >= 15 is 0 Å². The fourth-order valence-corrected chi connectivity index (χ4v) is 3.81. The van der Waals surface area contributed by atoms with Crippen molar-refractivity contribution in [1.82, 2.24) is 24.8 Å². The molecular formula is C22H17F2N5O2. The minimum absolute atomic E-state index is 0.121. The number of carbonyl (C=O) groups is 1. The molecule has 0 saturated heterocycles. The minimum Gasteiger partial charge on any atom is -0.334 e. The van der Waals surface area contributed by atoms with Gasteiger partial charge < -0.3 is 9.42 Å². The van der Waals surface area contributed by atoms with Gasteiger partial charge in [-0.3, -0.25) is 9.48 Å². The molecule has 0 spiro atoms. The van der Waals surface area contributed by atoms with E-state index in [2.05, 4.69) is 15.2 Å². The zero-order valence-electron chi connectivity index (χ0n) is 16.5. The van der Waals surface area contributed by atoms with Crippen LogP contribution in [0.2, 0.25) is 0 Å². The minimum atomic E-state index is -0.461. The number of aromatic nitrogens is 4. The summed E-state index contributed by atoms with van der Waals surface area (Å²) in [5, 5.41) is 8.40. The van der Waals surface area contributed by atoms with E-state index in [1.807, 2.05) is 0 Å². The van der Waals surface area contributed by atoms with Gasteiger partial charge in [-0.1, -0.05) is 23.4 Å². The molecule has 1 aliphatic rings. The third kappa shape index (κ3) is 3.37. The highest BCUT2D eigenvalue weighted by Gasteiger charge is 2.30. The second kappa shape index (κ2) is 7.42. The van der Waals surface area contributed by atoms with Crippen molar-refractivity contribution in [3.05, 3.63) is 77.0 Å². The van der Waals surface area contributed by atoms with E-state index in [4.69, 9.17) is 4.52 Å². The summed E-state index contributed by atoms with van der Waals surface area (Å²) in [5.41, 5.74) is 2.69. The Morgan fingerprint density at radius 2 is 1.97 bits per heavy atom. The predicted molar refractivity (Wildman–Crippen MR) is 107 cm³/mol. The molecule has 0 unspecified atom stereocenters. The van der Waals surface area contributed by atoms with Gasteiger partial charge in [-0.2, -0.15) is 10.1 Å². The molecule has 0 bridgehead atoms. The number of hydrogen-bond donors (Lipinski definition) is 0. The predicted octanol–water partition coefficient (Wildman–Crippen LogP) is 3.61. The van der Waals surface area contributed by atoms with Gasteiger partial charge in [0.15, 0.2) is 5.69 Å². The van der Waals surface area contributed by atoms with E-state index in [9.17, 15) is 13.6 Å². The number of aryl methyl sites for hydroxylation is 1. The molecule has 1 amide bonds. The first-order valence-corrected chi connectivity index (χ1v) is 9.70. The van der Waals surface area contributed by atoms with Crippen molar-refractivity contribution in [2.75, 3.05) is 6.54 Å². The lowest BCUT2D eigenvalue weighted by Gasteiger charge is -2.27. The van der Waals surface area contributed by atoms with Gasteiger partial charge in [-0.15, -0.1) is 0 Å². The Morgan fingerprint density at radius 1 is 1.13 bits per heavy atom. The first-order chi connectivity index (χ1) is 15.0. The zero-order chi connectivity index (χ0) is 21.5. The average Bonchev–Trinajstić information content (AvgIpc) is 3.38. The SMILES string of the molecule is Cn1nc(-c2nc(-c3ccccc3F)no2)c2c1CCN(C(=O)c1cccc(F)c1)C2. The van der Waals surface area contributed by atoms with E-state index in [0.29, 0.717) is 18.7 Å². The number of rotatable bonds is 3. The van der Waals surface area contributed by atoms with Crippen LogP contribution in [0.1, 0.15) is 21.6 Å². The molecule has 0 atom stereocenters. The summed E-state index contributed by atoms with van der Waals surface area (Å²) < 4.78 is 34.7. The quantitative estimate of drug-likeness (QED) is 0.505. The maximum atomic E-state index is 14.1. The fraction of sp³-hybridized carbons (Fsp3) is 0.182. The Hall–Kier alpha value is -3.88. The van der Waals surface area contributed by atoms with Crippen molar-refractivity contribution in [2.45, 2.75) is 13.0 Å². The van der Waals surface area contributed by atoms with Gasteiger partial charge in [0.05, 0.1) is 12.1 Å². The molecule has 0 radical (unpaired) electrons. The van der Waals surface area contributed by atoms with Gasteiger partial charge in [0.25, 0.3) is 11.8 Å². The third-order valence-corrected chi connectivity index (χ3v) is 5.34. The number of benzene rings is 2. The Balaban J connectivity index is 1.48. The summed E-state index contributed by atoms with van der Waals surface area (Å²) in [6, 6.07) is 11.8. The van der Waals surface area contributed by atoms with E-state index < -0.39 is 11.6 Å². The van der Waals surface area contributed by atoms with Crippen LogP contribution in [-0.4, -0.2) is 37.3 Å². The summed E-state index contributed by atoms with van der Waals surface area (Å²) in [7, 11) is 1.81. The van der Waals surface area contributed by atoms with Crippen LogP contribution in [-0.2, 0) is 20.0 Å². The molecular weight excluding hydrogens is 404 g/mol. The van der Waals surface area contributed by atoms with Crippen molar-refractivity contribution in [1.29, 1.82) is 0 Å².